The molecule has 1 saturated carbocycles. The molecular weight excluding hydrogens is 355 g/mol. The summed E-state index contributed by atoms with van der Waals surface area (Å²) in [4.78, 5) is 4.36. The van der Waals surface area contributed by atoms with Crippen LogP contribution in [0, 0.1) is 5.82 Å². The Morgan fingerprint density at radius 1 is 1.38 bits per heavy atom. The first-order valence-corrected chi connectivity index (χ1v) is 9.44. The fourth-order valence-electron chi connectivity index (χ4n) is 4.47. The highest BCUT2D eigenvalue weighted by atomic mass is 35.5. The van der Waals surface area contributed by atoms with Crippen molar-refractivity contribution in [2.24, 2.45) is 4.99 Å². The van der Waals surface area contributed by atoms with Crippen LogP contribution in [0.25, 0.3) is 5.69 Å². The first kappa shape index (κ1) is 16.2. The van der Waals surface area contributed by atoms with Crippen molar-refractivity contribution < 1.29 is 4.39 Å². The molecule has 3 heterocycles. The van der Waals surface area contributed by atoms with Gasteiger partial charge in [0.1, 0.15) is 17.2 Å². The fraction of sp³-hybridized carbons (Fsp3) is 0.500. The van der Waals surface area contributed by atoms with E-state index in [0.29, 0.717) is 10.7 Å². The number of aliphatic imine (C=N–C) groups is 1. The Morgan fingerprint density at radius 3 is 2.88 bits per heavy atom. The van der Waals surface area contributed by atoms with E-state index >= 15 is 4.39 Å². The molecule has 2 N–H and O–H groups in total. The minimum Gasteiger partial charge on any atom is -0.341 e. The summed E-state index contributed by atoms with van der Waals surface area (Å²) in [6.45, 7) is 0.969. The zero-order chi connectivity index (χ0) is 17.9. The van der Waals surface area contributed by atoms with Crippen molar-refractivity contribution in [2.75, 3.05) is 18.9 Å². The molecular formula is C18H20ClFN6. The second-order valence-electron chi connectivity index (χ2n) is 7.31. The van der Waals surface area contributed by atoms with Gasteiger partial charge < -0.3 is 10.6 Å². The molecule has 8 heteroatoms. The SMILES string of the molecule is CN=C1Nc2c(cc(Cl)c(-n3cc(C4CCCN4)nn3)c2F)C12CCC2. The fourth-order valence-corrected chi connectivity index (χ4v) is 4.75. The molecule has 2 aliphatic heterocycles. The number of fused-ring (bicyclic) bond motifs is 2. The number of nitrogens with zero attached hydrogens (tertiary/aromatic N) is 4. The van der Waals surface area contributed by atoms with Crippen LogP contribution in [0.3, 0.4) is 0 Å². The van der Waals surface area contributed by atoms with E-state index in [9.17, 15) is 0 Å². The molecule has 3 aliphatic rings. The Hall–Kier alpha value is -1.99. The van der Waals surface area contributed by atoms with Crippen LogP contribution in [0.1, 0.15) is 49.4 Å². The lowest BCUT2D eigenvalue weighted by Crippen LogP contribution is -2.41. The summed E-state index contributed by atoms with van der Waals surface area (Å²) < 4.78 is 16.9. The monoisotopic (exact) mass is 374 g/mol. The zero-order valence-corrected chi connectivity index (χ0v) is 15.3. The van der Waals surface area contributed by atoms with Crippen molar-refractivity contribution in [1.82, 2.24) is 20.3 Å². The molecule has 1 unspecified atom stereocenters. The molecule has 0 bridgehead atoms. The summed E-state index contributed by atoms with van der Waals surface area (Å²) in [5.41, 5.74) is 2.24. The van der Waals surface area contributed by atoms with E-state index < -0.39 is 5.82 Å². The molecule has 26 heavy (non-hydrogen) atoms. The molecule has 0 radical (unpaired) electrons. The second kappa shape index (κ2) is 5.76. The topological polar surface area (TPSA) is 67.1 Å². The number of amidine groups is 1. The lowest BCUT2D eigenvalue weighted by molar-refractivity contribution is 0.346. The largest absolute Gasteiger partial charge is 0.341 e. The molecule has 2 fully saturated rings. The normalized spacial score (nSPS) is 24.7. The smallest absolute Gasteiger partial charge is 0.174 e. The van der Waals surface area contributed by atoms with E-state index in [1.54, 1.807) is 13.2 Å². The highest BCUT2D eigenvalue weighted by molar-refractivity contribution is 6.33. The standard InChI is InChI=1S/C18H20ClFN6/c1-21-17-18(5-3-6-18)10-8-11(19)16(14(20)15(10)23-17)26-9-13(24-25-26)12-4-2-7-22-12/h8-9,12,22H,2-7H2,1H3,(H,21,23). The predicted molar refractivity (Wildman–Crippen MR) is 98.8 cm³/mol. The van der Waals surface area contributed by atoms with Crippen LogP contribution in [0.15, 0.2) is 17.3 Å². The molecule has 0 amide bonds. The van der Waals surface area contributed by atoms with Gasteiger partial charge in [-0.3, -0.25) is 4.99 Å². The average Bonchev–Trinajstić information content (AvgIpc) is 3.31. The van der Waals surface area contributed by atoms with Gasteiger partial charge in [-0.25, -0.2) is 9.07 Å². The molecule has 1 aromatic heterocycles. The van der Waals surface area contributed by atoms with Crippen LogP contribution < -0.4 is 10.6 Å². The third-order valence-corrected chi connectivity index (χ3v) is 6.28. The maximum absolute atomic E-state index is 15.4. The van der Waals surface area contributed by atoms with Crippen molar-refractivity contribution in [3.63, 3.8) is 0 Å². The van der Waals surface area contributed by atoms with Crippen LogP contribution in [0.4, 0.5) is 10.1 Å². The van der Waals surface area contributed by atoms with E-state index in [-0.39, 0.29) is 17.1 Å². The molecule has 5 rings (SSSR count). The highest BCUT2D eigenvalue weighted by Crippen LogP contribution is 2.53. The van der Waals surface area contributed by atoms with E-state index in [0.717, 1.165) is 55.7 Å². The number of hydrogen-bond acceptors (Lipinski definition) is 4. The molecule has 1 atom stereocenters. The van der Waals surface area contributed by atoms with Crippen LogP contribution in [0.5, 0.6) is 0 Å². The highest BCUT2D eigenvalue weighted by Gasteiger charge is 2.50. The van der Waals surface area contributed by atoms with Gasteiger partial charge in [0, 0.05) is 7.05 Å². The Morgan fingerprint density at radius 2 is 2.23 bits per heavy atom. The van der Waals surface area contributed by atoms with Gasteiger partial charge in [0.25, 0.3) is 0 Å². The number of benzene rings is 1. The number of aromatic nitrogens is 3. The molecule has 1 aromatic carbocycles. The predicted octanol–water partition coefficient (Wildman–Crippen LogP) is 3.36. The minimum absolute atomic E-state index is 0.176. The van der Waals surface area contributed by atoms with Gasteiger partial charge in [0.05, 0.1) is 28.4 Å². The van der Waals surface area contributed by atoms with Crippen molar-refractivity contribution in [3.05, 3.63) is 34.4 Å². The summed E-state index contributed by atoms with van der Waals surface area (Å²) in [5.74, 6) is 0.438. The number of rotatable bonds is 2. The van der Waals surface area contributed by atoms with E-state index in [1.165, 1.54) is 4.68 Å². The Bertz CT molecular complexity index is 911. The summed E-state index contributed by atoms with van der Waals surface area (Å²) >= 11 is 6.50. The van der Waals surface area contributed by atoms with E-state index in [2.05, 4.69) is 25.9 Å². The van der Waals surface area contributed by atoms with Crippen LogP contribution >= 0.6 is 11.6 Å². The molecule has 136 valence electrons. The zero-order valence-electron chi connectivity index (χ0n) is 14.5. The van der Waals surface area contributed by atoms with Crippen LogP contribution in [0.2, 0.25) is 5.02 Å². The quantitative estimate of drug-likeness (QED) is 0.845. The average molecular weight is 375 g/mol. The minimum atomic E-state index is -0.395. The number of anilines is 1. The van der Waals surface area contributed by atoms with Gasteiger partial charge >= 0.3 is 0 Å². The molecule has 1 aliphatic carbocycles. The summed E-state index contributed by atoms with van der Waals surface area (Å²) in [6, 6.07) is 2.05. The lowest BCUT2D eigenvalue weighted by Gasteiger charge is -2.38. The Labute approximate surface area is 155 Å². The first-order chi connectivity index (χ1) is 12.6. The third-order valence-electron chi connectivity index (χ3n) is 5.99. The number of nitrogens with one attached hydrogen (secondary N) is 2. The van der Waals surface area contributed by atoms with Crippen molar-refractivity contribution in [3.8, 4) is 5.69 Å². The Balaban J connectivity index is 1.60. The van der Waals surface area contributed by atoms with Gasteiger partial charge in [-0.1, -0.05) is 23.2 Å². The summed E-state index contributed by atoms with van der Waals surface area (Å²) in [6.07, 6.45) is 6.94. The molecule has 1 saturated heterocycles. The van der Waals surface area contributed by atoms with Gasteiger partial charge in [0.2, 0.25) is 0 Å². The Kier molecular flexibility index (Phi) is 3.59. The molecule has 2 aromatic rings. The molecule has 6 nitrogen and oxygen atoms in total. The van der Waals surface area contributed by atoms with Gasteiger partial charge in [-0.05, 0) is 43.9 Å². The number of hydrogen-bond donors (Lipinski definition) is 2. The van der Waals surface area contributed by atoms with Crippen molar-refractivity contribution >= 4 is 23.1 Å². The van der Waals surface area contributed by atoms with Crippen LogP contribution in [-0.4, -0.2) is 34.4 Å². The van der Waals surface area contributed by atoms with Gasteiger partial charge in [0.15, 0.2) is 5.82 Å². The van der Waals surface area contributed by atoms with E-state index in [4.69, 9.17) is 11.6 Å². The lowest BCUT2D eigenvalue weighted by atomic mass is 9.65. The molecule has 1 spiro atoms. The van der Waals surface area contributed by atoms with Crippen molar-refractivity contribution in [2.45, 2.75) is 43.6 Å². The van der Waals surface area contributed by atoms with Gasteiger partial charge in [-0.2, -0.15) is 0 Å². The maximum atomic E-state index is 15.4. The van der Waals surface area contributed by atoms with Crippen molar-refractivity contribution in [1.29, 1.82) is 0 Å². The summed E-state index contributed by atoms with van der Waals surface area (Å²) in [5, 5.41) is 15.3. The first-order valence-electron chi connectivity index (χ1n) is 9.07. The van der Waals surface area contributed by atoms with Gasteiger partial charge in [-0.15, -0.1) is 5.10 Å². The second-order valence-corrected chi connectivity index (χ2v) is 7.72. The maximum Gasteiger partial charge on any atom is 0.174 e. The van der Waals surface area contributed by atoms with E-state index in [1.807, 2.05) is 6.07 Å². The third kappa shape index (κ3) is 2.10. The summed E-state index contributed by atoms with van der Waals surface area (Å²) in [7, 11) is 1.74. The number of halogens is 2. The van der Waals surface area contributed by atoms with Crippen LogP contribution in [-0.2, 0) is 5.41 Å².